The molecule has 3 aliphatic heterocycles. The van der Waals surface area contributed by atoms with Crippen molar-refractivity contribution in [3.05, 3.63) is 119 Å². The smallest absolute Gasteiger partial charge is 0.444 e. The molecule has 82 heavy (non-hydrogen) atoms. The zero-order valence-electron chi connectivity index (χ0n) is 47.6. The van der Waals surface area contributed by atoms with Crippen molar-refractivity contribution in [2.24, 2.45) is 5.41 Å². The average Bonchev–Trinajstić information content (AvgIpc) is 3.57. The van der Waals surface area contributed by atoms with Gasteiger partial charge >= 0.3 is 11.6 Å². The van der Waals surface area contributed by atoms with Crippen LogP contribution in [-0.4, -0.2) is 195 Å². The van der Waals surface area contributed by atoms with E-state index in [0.717, 1.165) is 94.3 Å². The summed E-state index contributed by atoms with van der Waals surface area (Å²) in [7, 11) is -8.76. The molecule has 2 N–H and O–H groups in total. The number of thioether (sulfide) groups is 1. The van der Waals surface area contributed by atoms with Crippen molar-refractivity contribution in [3.63, 3.8) is 0 Å². The molecule has 2 unspecified atom stereocenters. The monoisotopic (exact) mass is 1210 g/mol. The summed E-state index contributed by atoms with van der Waals surface area (Å²) in [4.78, 5) is 38.5. The molecule has 2 atom stereocenters. The van der Waals surface area contributed by atoms with Gasteiger partial charge in [-0.3, -0.25) is 19.5 Å². The van der Waals surface area contributed by atoms with Crippen molar-refractivity contribution in [3.8, 4) is 0 Å². The van der Waals surface area contributed by atoms with Gasteiger partial charge in [-0.1, -0.05) is 54.4 Å². The second-order valence-electron chi connectivity index (χ2n) is 23.2. The molecule has 0 saturated carbocycles. The van der Waals surface area contributed by atoms with Crippen LogP contribution < -0.4 is 14.9 Å². The number of carbonyl (C=O) groups excluding carboxylic acids is 2. The standard InChI is InChI=1S/C59H78ClF3N8O8S3/c1-57(2,3)79-56(73)71-33-27-68(28-34-71)26-25-66(5)43-58(4)23-21-52(44-11-15-47(60)16-12-44)46(40-58)41-69-29-31-70(32-30-69)49-17-13-45(14-18-49)55(72)65-82(76,77)51-19-20-53(54(39-51)81(74,75)59(61,62)63)64-48(22-24-67-35-37-78-38-36-67)42-80-50-9-7-6-8-10-50/h6-20,39,48,64H,21-38,40-43H2,1-5H3,(H,65,72). The van der Waals surface area contributed by atoms with Crippen LogP contribution in [0.25, 0.3) is 5.57 Å². The van der Waals surface area contributed by atoms with Crippen molar-refractivity contribution in [1.29, 1.82) is 0 Å². The molecule has 3 fully saturated rings. The average molecular weight is 1220 g/mol. The Labute approximate surface area is 491 Å². The van der Waals surface area contributed by atoms with Crippen molar-refractivity contribution >= 4 is 72.2 Å². The fourth-order valence-corrected chi connectivity index (χ4v) is 14.2. The second-order valence-corrected chi connectivity index (χ2v) is 28.3. The number of anilines is 2. The highest BCUT2D eigenvalue weighted by Crippen LogP contribution is 2.44. The number of carbonyl (C=O) groups is 2. The topological polar surface area (TPSA) is 164 Å². The van der Waals surface area contributed by atoms with E-state index in [1.54, 1.807) is 17.0 Å². The number of ether oxygens (including phenoxy) is 2. The number of morpholine rings is 1. The number of hydrogen-bond donors (Lipinski definition) is 2. The Hall–Kier alpha value is -4.91. The number of likely N-dealkylation sites (N-methyl/N-ethyl adjacent to an activating group) is 1. The Bertz CT molecular complexity index is 3060. The Morgan fingerprint density at radius 3 is 2.11 bits per heavy atom. The lowest BCUT2D eigenvalue weighted by molar-refractivity contribution is -0.0436. The number of alkyl halides is 3. The van der Waals surface area contributed by atoms with Gasteiger partial charge in [0.2, 0.25) is 0 Å². The van der Waals surface area contributed by atoms with E-state index in [-0.39, 0.29) is 17.1 Å². The van der Waals surface area contributed by atoms with E-state index in [1.165, 1.54) is 40.6 Å². The normalized spacial score (nSPS) is 19.8. The molecule has 8 rings (SSSR count). The summed E-state index contributed by atoms with van der Waals surface area (Å²) < 4.78 is 110. The summed E-state index contributed by atoms with van der Waals surface area (Å²) in [5.74, 6) is -0.677. The minimum Gasteiger partial charge on any atom is -0.444 e. The van der Waals surface area contributed by atoms with E-state index in [9.17, 15) is 39.6 Å². The number of benzene rings is 4. The molecule has 0 spiro atoms. The minimum absolute atomic E-state index is 0.0165. The van der Waals surface area contributed by atoms with Crippen LogP contribution in [0.5, 0.6) is 0 Å². The quantitative estimate of drug-likeness (QED) is 0.0758. The van der Waals surface area contributed by atoms with Gasteiger partial charge in [0.1, 0.15) is 10.5 Å². The largest absolute Gasteiger partial charge is 0.501 e. The van der Waals surface area contributed by atoms with Crippen LogP contribution in [0.1, 0.15) is 69.3 Å². The van der Waals surface area contributed by atoms with Crippen molar-refractivity contribution in [1.82, 2.24) is 29.2 Å². The second kappa shape index (κ2) is 27.4. The number of rotatable bonds is 21. The first-order valence-electron chi connectivity index (χ1n) is 28.0. The molecule has 4 aromatic carbocycles. The van der Waals surface area contributed by atoms with E-state index in [2.05, 4.69) is 55.9 Å². The summed E-state index contributed by atoms with van der Waals surface area (Å²) in [6, 6.07) is 25.8. The molecule has 0 bridgehead atoms. The number of allylic oxidation sites excluding steroid dienone is 1. The van der Waals surface area contributed by atoms with Gasteiger partial charge in [-0.15, -0.1) is 11.8 Å². The molecule has 0 radical (unpaired) electrons. The third kappa shape index (κ3) is 17.4. The maximum absolute atomic E-state index is 14.3. The summed E-state index contributed by atoms with van der Waals surface area (Å²) >= 11 is 7.79. The van der Waals surface area contributed by atoms with E-state index in [1.807, 2.05) is 68.0 Å². The lowest BCUT2D eigenvalue weighted by Crippen LogP contribution is -2.51. The maximum atomic E-state index is 14.3. The van der Waals surface area contributed by atoms with Gasteiger partial charge in [0.15, 0.2) is 0 Å². The summed E-state index contributed by atoms with van der Waals surface area (Å²) in [5.41, 5.74) is -1.84. The third-order valence-electron chi connectivity index (χ3n) is 15.5. The van der Waals surface area contributed by atoms with Gasteiger partial charge in [-0.05, 0) is 137 Å². The fourth-order valence-electron chi connectivity index (χ4n) is 11.1. The molecule has 0 aromatic heterocycles. The van der Waals surface area contributed by atoms with Crippen LogP contribution in [0.2, 0.25) is 5.02 Å². The van der Waals surface area contributed by atoms with E-state index < -0.39 is 58.4 Å². The molecule has 16 nitrogen and oxygen atoms in total. The highest BCUT2D eigenvalue weighted by Gasteiger charge is 2.49. The minimum atomic E-state index is -6.08. The first kappa shape index (κ1) is 63.1. The molecule has 3 heterocycles. The molecule has 448 valence electrons. The zero-order chi connectivity index (χ0) is 58.9. The van der Waals surface area contributed by atoms with Crippen molar-refractivity contribution < 1.29 is 49.1 Å². The van der Waals surface area contributed by atoms with Crippen LogP contribution in [0.15, 0.2) is 117 Å². The van der Waals surface area contributed by atoms with E-state index >= 15 is 0 Å². The molecular formula is C59H78ClF3N8O8S3. The third-order valence-corrected chi connectivity index (χ3v) is 19.8. The van der Waals surface area contributed by atoms with Crippen molar-refractivity contribution in [2.45, 2.75) is 85.2 Å². The number of sulfonamides is 1. The van der Waals surface area contributed by atoms with Gasteiger partial charge in [0.05, 0.1) is 23.8 Å². The lowest BCUT2D eigenvalue weighted by atomic mass is 9.71. The number of amides is 2. The van der Waals surface area contributed by atoms with Crippen LogP contribution in [0, 0.1) is 5.41 Å². The number of piperazine rings is 2. The van der Waals surface area contributed by atoms with Gasteiger partial charge in [0, 0.05) is 131 Å². The lowest BCUT2D eigenvalue weighted by Gasteiger charge is -2.42. The van der Waals surface area contributed by atoms with Crippen LogP contribution in [0.3, 0.4) is 0 Å². The van der Waals surface area contributed by atoms with Gasteiger partial charge in [0.25, 0.3) is 25.8 Å². The Kier molecular flexibility index (Phi) is 21.1. The highest BCUT2D eigenvalue weighted by atomic mass is 35.5. The number of hydrogen-bond acceptors (Lipinski definition) is 15. The van der Waals surface area contributed by atoms with Gasteiger partial charge in [-0.25, -0.2) is 26.4 Å². The molecule has 4 aromatic rings. The first-order valence-corrected chi connectivity index (χ1v) is 32.4. The molecule has 4 aliphatic rings. The molecule has 1 aliphatic carbocycles. The maximum Gasteiger partial charge on any atom is 0.501 e. The van der Waals surface area contributed by atoms with Crippen molar-refractivity contribution in [2.75, 3.05) is 134 Å². The zero-order valence-corrected chi connectivity index (χ0v) is 50.8. The van der Waals surface area contributed by atoms with Crippen LogP contribution in [-0.2, 0) is 29.3 Å². The first-order chi connectivity index (χ1) is 38.8. The van der Waals surface area contributed by atoms with E-state index in [0.29, 0.717) is 82.3 Å². The van der Waals surface area contributed by atoms with Gasteiger partial charge < -0.3 is 29.5 Å². The number of sulfone groups is 1. The Morgan fingerprint density at radius 2 is 1.46 bits per heavy atom. The fraction of sp³-hybridized carbons (Fsp3) is 0.525. The van der Waals surface area contributed by atoms with Crippen LogP contribution >= 0.6 is 23.4 Å². The predicted molar refractivity (Wildman–Crippen MR) is 318 cm³/mol. The Morgan fingerprint density at radius 1 is 0.817 bits per heavy atom. The van der Waals surface area contributed by atoms with E-state index in [4.69, 9.17) is 21.1 Å². The number of nitrogens with one attached hydrogen (secondary N) is 2. The SMILES string of the molecule is CN(CCN1CCN(C(=O)OC(C)(C)C)CC1)CC1(C)CCC(c2ccc(Cl)cc2)=C(CN2CCN(c3ccc(C(=O)NS(=O)(=O)c4ccc(NC(CCN5CCOCC5)CSc5ccccc5)c(S(=O)(=O)C(F)(F)F)c4)cc3)CC2)C1. The van der Waals surface area contributed by atoms with Gasteiger partial charge in [-0.2, -0.15) is 13.2 Å². The summed E-state index contributed by atoms with van der Waals surface area (Å²) in [5, 5.41) is 3.70. The molecule has 2 amide bonds. The number of halogens is 4. The molecule has 23 heteroatoms. The predicted octanol–water partition coefficient (Wildman–Crippen LogP) is 9.30. The summed E-state index contributed by atoms with van der Waals surface area (Å²) in [6.07, 6.45) is 3.13. The highest BCUT2D eigenvalue weighted by molar-refractivity contribution is 7.99. The molecule has 3 saturated heterocycles. The number of nitrogens with zero attached hydrogens (tertiary/aromatic N) is 6. The summed E-state index contributed by atoms with van der Waals surface area (Å²) in [6.45, 7) is 20.5. The van der Waals surface area contributed by atoms with Crippen LogP contribution in [0.4, 0.5) is 29.3 Å². The Balaban J connectivity index is 0.877. The molecular weight excluding hydrogens is 1140 g/mol.